The second kappa shape index (κ2) is 8.73. The highest BCUT2D eigenvalue weighted by molar-refractivity contribution is 5.66. The Morgan fingerprint density at radius 1 is 0.786 bits per heavy atom. The molecule has 0 N–H and O–H groups in total. The van der Waals surface area contributed by atoms with Crippen LogP contribution in [0.15, 0.2) is 0 Å². The summed E-state index contributed by atoms with van der Waals surface area (Å²) in [5.74, 6) is 5.45. The maximum Gasteiger partial charge on any atom is 0.302 e. The van der Waals surface area contributed by atoms with Crippen LogP contribution in [0.1, 0.15) is 60.8 Å². The van der Waals surface area contributed by atoms with Gasteiger partial charge in [-0.1, -0.05) is 27.7 Å². The minimum Gasteiger partial charge on any atom is -0.466 e. The monoisotopic (exact) mass is 394 g/mol. The molecule has 0 aromatic heterocycles. The Labute approximate surface area is 169 Å². The summed E-state index contributed by atoms with van der Waals surface area (Å²) >= 11 is 0. The number of hydrogen-bond donors (Lipinski definition) is 0. The van der Waals surface area contributed by atoms with Gasteiger partial charge >= 0.3 is 11.9 Å². The molecule has 4 rings (SSSR count). The van der Waals surface area contributed by atoms with Crippen molar-refractivity contribution in [3.05, 3.63) is 0 Å². The van der Waals surface area contributed by atoms with Crippen molar-refractivity contribution in [2.45, 2.75) is 73.0 Å². The van der Waals surface area contributed by atoms with Gasteiger partial charge in [0.15, 0.2) is 0 Å². The van der Waals surface area contributed by atoms with Gasteiger partial charge < -0.3 is 14.2 Å². The summed E-state index contributed by atoms with van der Waals surface area (Å²) in [4.78, 5) is 21.4. The SMILES string of the molecule is CC(=O)OCC1CC2CC1C(C)C2C.CC(=O)OCC1CC2OC1C(C)C2C. The Morgan fingerprint density at radius 3 is 1.86 bits per heavy atom. The Kier molecular flexibility index (Phi) is 6.73. The first kappa shape index (κ1) is 21.6. The van der Waals surface area contributed by atoms with E-state index in [-0.39, 0.29) is 11.9 Å². The Morgan fingerprint density at radius 2 is 1.39 bits per heavy atom. The zero-order chi connectivity index (χ0) is 20.6. The molecule has 10 atom stereocenters. The Hall–Kier alpha value is -1.10. The van der Waals surface area contributed by atoms with Gasteiger partial charge in [-0.3, -0.25) is 9.59 Å². The molecule has 10 unspecified atom stereocenters. The van der Waals surface area contributed by atoms with Gasteiger partial charge in [-0.15, -0.1) is 0 Å². The number of fused-ring (bicyclic) bond motifs is 4. The quantitative estimate of drug-likeness (QED) is 0.672. The molecule has 28 heavy (non-hydrogen) atoms. The topological polar surface area (TPSA) is 61.8 Å². The van der Waals surface area contributed by atoms with Crippen LogP contribution in [-0.4, -0.2) is 37.4 Å². The van der Waals surface area contributed by atoms with Crippen molar-refractivity contribution in [3.8, 4) is 0 Å². The van der Waals surface area contributed by atoms with E-state index in [0.717, 1.165) is 30.1 Å². The molecule has 0 aromatic rings. The smallest absolute Gasteiger partial charge is 0.302 e. The van der Waals surface area contributed by atoms with Crippen molar-refractivity contribution in [2.24, 2.45) is 47.3 Å². The van der Waals surface area contributed by atoms with E-state index >= 15 is 0 Å². The molecular weight excluding hydrogens is 356 g/mol. The van der Waals surface area contributed by atoms with E-state index in [1.807, 2.05) is 0 Å². The predicted octanol–water partition coefficient (Wildman–Crippen LogP) is 4.09. The molecule has 2 heterocycles. The van der Waals surface area contributed by atoms with Crippen molar-refractivity contribution < 1.29 is 23.8 Å². The van der Waals surface area contributed by atoms with Crippen LogP contribution < -0.4 is 0 Å². The molecule has 4 bridgehead atoms. The third kappa shape index (κ3) is 4.39. The third-order valence-electron chi connectivity index (χ3n) is 8.30. The van der Waals surface area contributed by atoms with E-state index in [1.165, 1.54) is 26.7 Å². The molecule has 0 aromatic carbocycles. The second-order valence-electron chi connectivity index (χ2n) is 9.83. The molecule has 5 heteroatoms. The lowest BCUT2D eigenvalue weighted by Crippen LogP contribution is -2.32. The fourth-order valence-electron chi connectivity index (χ4n) is 6.23. The number of rotatable bonds is 4. The molecule has 160 valence electrons. The van der Waals surface area contributed by atoms with Gasteiger partial charge in [0, 0.05) is 19.8 Å². The van der Waals surface area contributed by atoms with Crippen LogP contribution >= 0.6 is 0 Å². The van der Waals surface area contributed by atoms with Crippen molar-refractivity contribution in [2.75, 3.05) is 13.2 Å². The average molecular weight is 395 g/mol. The first-order valence-corrected chi connectivity index (χ1v) is 11.1. The molecule has 0 spiro atoms. The highest BCUT2D eigenvalue weighted by atomic mass is 16.5. The van der Waals surface area contributed by atoms with Crippen LogP contribution in [0.4, 0.5) is 0 Å². The fraction of sp³-hybridized carbons (Fsp3) is 0.913. The maximum atomic E-state index is 10.7. The Bertz CT molecular complexity index is 521. The van der Waals surface area contributed by atoms with Crippen LogP contribution in [0.2, 0.25) is 0 Å². The van der Waals surface area contributed by atoms with Gasteiger partial charge in [0.1, 0.15) is 0 Å². The lowest BCUT2D eigenvalue weighted by atomic mass is 9.76. The van der Waals surface area contributed by atoms with E-state index in [1.54, 1.807) is 0 Å². The minimum absolute atomic E-state index is 0.131. The van der Waals surface area contributed by atoms with Gasteiger partial charge in [-0.2, -0.15) is 0 Å². The van der Waals surface area contributed by atoms with Gasteiger partial charge in [0.05, 0.1) is 25.4 Å². The zero-order valence-corrected chi connectivity index (χ0v) is 18.4. The van der Waals surface area contributed by atoms with Crippen LogP contribution in [0.25, 0.3) is 0 Å². The molecule has 4 aliphatic rings. The molecule has 2 saturated heterocycles. The molecule has 2 saturated carbocycles. The lowest BCUT2D eigenvalue weighted by Gasteiger charge is -2.31. The highest BCUT2D eigenvalue weighted by Crippen LogP contribution is 2.54. The fourth-order valence-corrected chi connectivity index (χ4v) is 6.23. The van der Waals surface area contributed by atoms with Crippen molar-refractivity contribution in [3.63, 3.8) is 0 Å². The lowest BCUT2D eigenvalue weighted by molar-refractivity contribution is -0.144. The highest BCUT2D eigenvalue weighted by Gasteiger charge is 2.50. The number of carbonyl (C=O) groups is 2. The summed E-state index contributed by atoms with van der Waals surface area (Å²) in [6.45, 7) is 13.4. The first-order chi connectivity index (χ1) is 13.2. The summed E-state index contributed by atoms with van der Waals surface area (Å²) in [7, 11) is 0. The second-order valence-corrected chi connectivity index (χ2v) is 9.83. The van der Waals surface area contributed by atoms with Crippen molar-refractivity contribution in [1.82, 2.24) is 0 Å². The average Bonchev–Trinajstić information content (AvgIpc) is 3.37. The third-order valence-corrected chi connectivity index (χ3v) is 8.30. The van der Waals surface area contributed by atoms with Crippen LogP contribution in [0.5, 0.6) is 0 Å². The normalized spacial score (nSPS) is 45.5. The van der Waals surface area contributed by atoms with Gasteiger partial charge in [-0.05, 0) is 60.7 Å². The summed E-state index contributed by atoms with van der Waals surface area (Å²) < 4.78 is 16.0. The molecule has 2 aliphatic heterocycles. The largest absolute Gasteiger partial charge is 0.466 e. The molecule has 0 amide bonds. The summed E-state index contributed by atoms with van der Waals surface area (Å²) in [6, 6.07) is 0. The predicted molar refractivity (Wildman–Crippen MR) is 106 cm³/mol. The molecule has 2 aliphatic carbocycles. The number of carbonyl (C=O) groups excluding carboxylic acids is 2. The zero-order valence-electron chi connectivity index (χ0n) is 18.4. The Balaban J connectivity index is 0.000000161. The standard InChI is InChI=1S/C12H20O2.C11H18O3/c1-7-8(2)12-5-10(7)4-11(12)6-14-9(3)13;1-6-7(2)11-9(4-10(6)14-11)5-13-8(3)12/h7-8,10-12H,4-6H2,1-3H3;6-7,9-11H,4-5H2,1-3H3. The number of hydrogen-bond acceptors (Lipinski definition) is 5. The summed E-state index contributed by atoms with van der Waals surface area (Å²) in [5.41, 5.74) is 0. The van der Waals surface area contributed by atoms with Crippen LogP contribution in [0, 0.1) is 47.3 Å². The molecule has 4 fully saturated rings. The molecule has 5 nitrogen and oxygen atoms in total. The summed E-state index contributed by atoms with van der Waals surface area (Å²) in [6.07, 6.45) is 4.42. The van der Waals surface area contributed by atoms with Crippen molar-refractivity contribution in [1.29, 1.82) is 0 Å². The van der Waals surface area contributed by atoms with E-state index in [9.17, 15) is 9.59 Å². The first-order valence-electron chi connectivity index (χ1n) is 11.1. The van der Waals surface area contributed by atoms with E-state index in [2.05, 4.69) is 27.7 Å². The molecular formula is C23H38O5. The molecule has 0 radical (unpaired) electrons. The van der Waals surface area contributed by atoms with E-state index in [0.29, 0.717) is 49.1 Å². The minimum atomic E-state index is -0.187. The number of esters is 2. The van der Waals surface area contributed by atoms with Gasteiger partial charge in [0.2, 0.25) is 0 Å². The van der Waals surface area contributed by atoms with E-state index in [4.69, 9.17) is 14.2 Å². The van der Waals surface area contributed by atoms with Gasteiger partial charge in [-0.25, -0.2) is 0 Å². The van der Waals surface area contributed by atoms with Crippen molar-refractivity contribution >= 4 is 11.9 Å². The van der Waals surface area contributed by atoms with Gasteiger partial charge in [0.25, 0.3) is 0 Å². The summed E-state index contributed by atoms with van der Waals surface area (Å²) in [5, 5.41) is 0. The maximum absolute atomic E-state index is 10.7. The van der Waals surface area contributed by atoms with Crippen LogP contribution in [0.3, 0.4) is 0 Å². The van der Waals surface area contributed by atoms with Crippen LogP contribution in [-0.2, 0) is 23.8 Å². The number of ether oxygens (including phenoxy) is 3. The van der Waals surface area contributed by atoms with E-state index < -0.39 is 0 Å².